The number of sulfonamides is 2. The number of aryl methyl sites for hydroxylation is 1. The molecule has 2 aromatic carbocycles. The Kier molecular flexibility index (Phi) is 6.47. The minimum absolute atomic E-state index is 0.00631. The van der Waals surface area contributed by atoms with Gasteiger partial charge >= 0.3 is 0 Å². The smallest absolute Gasteiger partial charge is 0.242 e. The second kappa shape index (κ2) is 9.14. The Morgan fingerprint density at radius 1 is 1.00 bits per heavy atom. The third kappa shape index (κ3) is 5.26. The second-order valence-corrected chi connectivity index (χ2v) is 11.7. The molecule has 2 N–H and O–H groups in total. The molecular weight excluding hydrogens is 448 g/mol. The molecule has 1 saturated carbocycles. The minimum atomic E-state index is -3.71. The quantitative estimate of drug-likeness (QED) is 0.469. The van der Waals surface area contributed by atoms with Crippen LogP contribution in [-0.2, 0) is 26.5 Å². The first-order valence-electron chi connectivity index (χ1n) is 10.4. The SMILES string of the molecule is CN(CCCc1cc(-c2ccccc2)n[nH]1)S(=O)(=O)c1ccc(S(=O)(=O)NC2CC2)cc1. The summed E-state index contributed by atoms with van der Waals surface area (Å²) in [4.78, 5) is 0.137. The van der Waals surface area contributed by atoms with Crippen molar-refractivity contribution in [2.75, 3.05) is 13.6 Å². The maximum Gasteiger partial charge on any atom is 0.242 e. The van der Waals surface area contributed by atoms with Crippen LogP contribution in [0.5, 0.6) is 0 Å². The molecule has 0 unspecified atom stereocenters. The van der Waals surface area contributed by atoms with E-state index in [0.717, 1.165) is 29.8 Å². The lowest BCUT2D eigenvalue weighted by Crippen LogP contribution is -2.28. The van der Waals surface area contributed by atoms with Crippen LogP contribution in [0.15, 0.2) is 70.5 Å². The van der Waals surface area contributed by atoms with E-state index in [9.17, 15) is 16.8 Å². The molecule has 8 nitrogen and oxygen atoms in total. The van der Waals surface area contributed by atoms with Crippen LogP contribution in [0, 0.1) is 0 Å². The molecule has 1 aliphatic rings. The Bertz CT molecular complexity index is 1270. The lowest BCUT2D eigenvalue weighted by Gasteiger charge is -2.17. The van der Waals surface area contributed by atoms with Crippen LogP contribution in [0.25, 0.3) is 11.3 Å². The number of hydrogen-bond acceptors (Lipinski definition) is 5. The Morgan fingerprint density at radius 3 is 2.31 bits per heavy atom. The van der Waals surface area contributed by atoms with Gasteiger partial charge in [-0.2, -0.15) is 5.10 Å². The average Bonchev–Trinajstić information content (AvgIpc) is 3.46. The predicted molar refractivity (Wildman–Crippen MR) is 122 cm³/mol. The van der Waals surface area contributed by atoms with Crippen molar-refractivity contribution in [3.8, 4) is 11.3 Å². The molecule has 3 aromatic rings. The van der Waals surface area contributed by atoms with E-state index >= 15 is 0 Å². The molecule has 1 heterocycles. The first-order chi connectivity index (χ1) is 15.3. The zero-order chi connectivity index (χ0) is 22.8. The normalized spacial score (nSPS) is 14.7. The van der Waals surface area contributed by atoms with Crippen molar-refractivity contribution in [2.45, 2.75) is 41.5 Å². The lowest BCUT2D eigenvalue weighted by molar-refractivity contribution is 0.460. The van der Waals surface area contributed by atoms with Gasteiger partial charge in [-0.25, -0.2) is 25.9 Å². The van der Waals surface area contributed by atoms with E-state index in [1.165, 1.54) is 35.6 Å². The molecule has 0 spiro atoms. The highest BCUT2D eigenvalue weighted by atomic mass is 32.2. The van der Waals surface area contributed by atoms with Crippen molar-refractivity contribution in [2.24, 2.45) is 0 Å². The van der Waals surface area contributed by atoms with Gasteiger partial charge in [0, 0.05) is 30.9 Å². The second-order valence-electron chi connectivity index (χ2n) is 7.94. The maximum absolute atomic E-state index is 12.9. The number of nitrogens with one attached hydrogen (secondary N) is 2. The number of benzene rings is 2. The summed E-state index contributed by atoms with van der Waals surface area (Å²) >= 11 is 0. The van der Waals surface area contributed by atoms with E-state index in [1.54, 1.807) is 0 Å². The van der Waals surface area contributed by atoms with Crippen LogP contribution >= 0.6 is 0 Å². The van der Waals surface area contributed by atoms with Gasteiger partial charge < -0.3 is 0 Å². The highest BCUT2D eigenvalue weighted by Crippen LogP contribution is 2.23. The number of rotatable bonds is 10. The van der Waals surface area contributed by atoms with Crippen LogP contribution in [0.2, 0.25) is 0 Å². The Morgan fingerprint density at radius 2 is 1.66 bits per heavy atom. The van der Waals surface area contributed by atoms with Crippen LogP contribution in [0.1, 0.15) is 25.0 Å². The summed E-state index contributed by atoms with van der Waals surface area (Å²) in [7, 11) is -5.80. The number of nitrogens with zero attached hydrogens (tertiary/aromatic N) is 2. The van der Waals surface area contributed by atoms with Crippen molar-refractivity contribution in [1.82, 2.24) is 19.2 Å². The molecule has 0 amide bonds. The van der Waals surface area contributed by atoms with Crippen molar-refractivity contribution >= 4 is 20.0 Å². The largest absolute Gasteiger partial charge is 0.282 e. The number of aromatic nitrogens is 2. The molecule has 32 heavy (non-hydrogen) atoms. The third-order valence-electron chi connectivity index (χ3n) is 5.36. The standard InChI is InChI=1S/C22H26N4O4S2/c1-26(15-5-8-19-16-22(24-23-19)17-6-3-2-4-7-17)32(29,30)21-13-11-20(12-14-21)31(27,28)25-18-9-10-18/h2-4,6-7,11-14,16,18,25H,5,8-10,15H2,1H3,(H,23,24). The van der Waals surface area contributed by atoms with Gasteiger partial charge in [0.1, 0.15) is 0 Å². The fourth-order valence-electron chi connectivity index (χ4n) is 3.32. The van der Waals surface area contributed by atoms with Crippen molar-refractivity contribution in [3.05, 3.63) is 66.4 Å². The molecule has 4 rings (SSSR count). The number of hydrogen-bond donors (Lipinski definition) is 2. The van der Waals surface area contributed by atoms with E-state index in [4.69, 9.17) is 0 Å². The lowest BCUT2D eigenvalue weighted by atomic mass is 10.1. The number of H-pyrrole nitrogens is 1. The summed E-state index contributed by atoms with van der Waals surface area (Å²) in [5.41, 5.74) is 2.81. The van der Waals surface area contributed by atoms with Gasteiger partial charge in [0.15, 0.2) is 0 Å². The van der Waals surface area contributed by atoms with Crippen molar-refractivity contribution in [1.29, 1.82) is 0 Å². The molecular formula is C22H26N4O4S2. The summed E-state index contributed by atoms with van der Waals surface area (Å²) in [6.07, 6.45) is 2.94. The summed E-state index contributed by atoms with van der Waals surface area (Å²) in [5.74, 6) is 0. The Labute approximate surface area is 188 Å². The van der Waals surface area contributed by atoms with Crippen LogP contribution in [-0.4, -0.2) is 51.0 Å². The molecule has 0 radical (unpaired) electrons. The summed E-state index contributed by atoms with van der Waals surface area (Å²) in [6, 6.07) is 17.1. The zero-order valence-corrected chi connectivity index (χ0v) is 19.4. The van der Waals surface area contributed by atoms with E-state index in [-0.39, 0.29) is 15.8 Å². The molecule has 10 heteroatoms. The van der Waals surface area contributed by atoms with Crippen molar-refractivity contribution in [3.63, 3.8) is 0 Å². The van der Waals surface area contributed by atoms with Crippen molar-refractivity contribution < 1.29 is 16.8 Å². The Balaban J connectivity index is 1.34. The van der Waals surface area contributed by atoms with Crippen LogP contribution < -0.4 is 4.72 Å². The third-order valence-corrected chi connectivity index (χ3v) is 8.77. The van der Waals surface area contributed by atoms with E-state index < -0.39 is 20.0 Å². The molecule has 0 atom stereocenters. The first-order valence-corrected chi connectivity index (χ1v) is 13.4. The molecule has 1 fully saturated rings. The Hall–Kier alpha value is -2.53. The number of aromatic amines is 1. The van der Waals surface area contributed by atoms with E-state index in [0.29, 0.717) is 19.4 Å². The highest BCUT2D eigenvalue weighted by molar-refractivity contribution is 7.89. The predicted octanol–water partition coefficient (Wildman–Crippen LogP) is 2.77. The zero-order valence-electron chi connectivity index (χ0n) is 17.7. The van der Waals surface area contributed by atoms with Crippen LogP contribution in [0.4, 0.5) is 0 Å². The highest BCUT2D eigenvalue weighted by Gasteiger charge is 2.28. The monoisotopic (exact) mass is 474 g/mol. The molecule has 170 valence electrons. The summed E-state index contributed by atoms with van der Waals surface area (Å²) < 4.78 is 54.1. The van der Waals surface area contributed by atoms with Gasteiger partial charge in [-0.3, -0.25) is 5.10 Å². The van der Waals surface area contributed by atoms with Crippen LogP contribution in [0.3, 0.4) is 0 Å². The van der Waals surface area contributed by atoms with Gasteiger partial charge in [-0.05, 0) is 56.0 Å². The molecule has 1 aliphatic carbocycles. The average molecular weight is 475 g/mol. The van der Waals surface area contributed by atoms with Gasteiger partial charge in [0.25, 0.3) is 0 Å². The van der Waals surface area contributed by atoms with Gasteiger partial charge in [-0.1, -0.05) is 30.3 Å². The van der Waals surface area contributed by atoms with E-state index in [1.807, 2.05) is 36.4 Å². The van der Waals surface area contributed by atoms with Gasteiger partial charge in [0.2, 0.25) is 20.0 Å². The molecule has 0 aliphatic heterocycles. The minimum Gasteiger partial charge on any atom is -0.282 e. The molecule has 0 saturated heterocycles. The summed E-state index contributed by atoms with van der Waals surface area (Å²) in [5, 5.41) is 7.32. The molecule has 1 aromatic heterocycles. The van der Waals surface area contributed by atoms with E-state index in [2.05, 4.69) is 14.9 Å². The first kappa shape index (κ1) is 22.7. The fourth-order valence-corrected chi connectivity index (χ4v) is 5.83. The topological polar surface area (TPSA) is 112 Å². The maximum atomic E-state index is 12.9. The molecule has 0 bridgehead atoms. The van der Waals surface area contributed by atoms with Gasteiger partial charge in [-0.15, -0.1) is 0 Å². The fraction of sp³-hybridized carbons (Fsp3) is 0.318. The summed E-state index contributed by atoms with van der Waals surface area (Å²) in [6.45, 7) is 0.325. The van der Waals surface area contributed by atoms with Gasteiger partial charge in [0.05, 0.1) is 15.5 Å².